The summed E-state index contributed by atoms with van der Waals surface area (Å²) in [5.41, 5.74) is 3.38. The number of benzene rings is 3. The van der Waals surface area contributed by atoms with Gasteiger partial charge < -0.3 is 15.4 Å². The second-order valence-corrected chi connectivity index (χ2v) is 8.55. The Labute approximate surface area is 201 Å². The third kappa shape index (κ3) is 6.26. The largest absolute Gasteiger partial charge is 0.486 e. The van der Waals surface area contributed by atoms with Gasteiger partial charge in [0.25, 0.3) is 11.8 Å². The van der Waals surface area contributed by atoms with Crippen LogP contribution in [0.4, 0.5) is 5.69 Å². The molecule has 0 saturated carbocycles. The Bertz CT molecular complexity index is 1240. The minimum absolute atomic E-state index is 0.176. The molecule has 2 N–H and O–H groups in total. The number of amides is 2. The van der Waals surface area contributed by atoms with Gasteiger partial charge in [0.2, 0.25) is 5.01 Å². The van der Waals surface area contributed by atoms with Crippen molar-refractivity contribution in [3.8, 4) is 5.75 Å². The Balaban J connectivity index is 1.27. The predicted molar refractivity (Wildman–Crippen MR) is 132 cm³/mol. The Morgan fingerprint density at radius 2 is 1.56 bits per heavy atom. The van der Waals surface area contributed by atoms with Crippen molar-refractivity contribution in [2.45, 2.75) is 26.5 Å². The predicted octanol–water partition coefficient (Wildman–Crippen LogP) is 4.86. The van der Waals surface area contributed by atoms with E-state index in [-0.39, 0.29) is 23.4 Å². The molecule has 172 valence electrons. The summed E-state index contributed by atoms with van der Waals surface area (Å²) in [5.74, 6) is 0.183. The lowest BCUT2D eigenvalue weighted by molar-refractivity contribution is 0.0950. The monoisotopic (exact) mass is 472 g/mol. The molecule has 0 unspecified atom stereocenters. The summed E-state index contributed by atoms with van der Waals surface area (Å²) in [6.07, 6.45) is 0.985. The van der Waals surface area contributed by atoms with E-state index < -0.39 is 0 Å². The summed E-state index contributed by atoms with van der Waals surface area (Å²) in [7, 11) is 0. The molecule has 3 aromatic carbocycles. The fraction of sp³-hybridized carbons (Fsp3) is 0.154. The summed E-state index contributed by atoms with van der Waals surface area (Å²) >= 11 is 1.17. The molecule has 4 rings (SSSR count). The molecule has 0 fully saturated rings. The number of aromatic nitrogens is 2. The number of hydrogen-bond donors (Lipinski definition) is 2. The molecule has 8 heteroatoms. The van der Waals surface area contributed by atoms with Crippen LogP contribution in [-0.2, 0) is 19.6 Å². The van der Waals surface area contributed by atoms with Crippen LogP contribution >= 0.6 is 11.3 Å². The molecule has 0 spiro atoms. The lowest BCUT2D eigenvalue weighted by Crippen LogP contribution is -2.22. The van der Waals surface area contributed by atoms with Gasteiger partial charge >= 0.3 is 0 Å². The van der Waals surface area contributed by atoms with Crippen LogP contribution in [0, 0.1) is 0 Å². The zero-order valence-corrected chi connectivity index (χ0v) is 19.5. The summed E-state index contributed by atoms with van der Waals surface area (Å²) in [5, 5.41) is 14.5. The fourth-order valence-electron chi connectivity index (χ4n) is 3.13. The zero-order chi connectivity index (χ0) is 23.8. The Hall–Kier alpha value is -4.04. The SMILES string of the molecule is CCc1ccc(CNC(=O)c2ccc(NC(=O)c3nnc(COc4ccccc4)s3)cc2)cc1. The number of rotatable bonds is 9. The molecular formula is C26H24N4O3S. The Morgan fingerprint density at radius 1 is 0.853 bits per heavy atom. The van der Waals surface area contributed by atoms with Crippen molar-refractivity contribution in [1.29, 1.82) is 0 Å². The molecule has 0 atom stereocenters. The van der Waals surface area contributed by atoms with Gasteiger partial charge in [-0.15, -0.1) is 10.2 Å². The molecule has 1 aromatic heterocycles. The number of aryl methyl sites for hydroxylation is 1. The zero-order valence-electron chi connectivity index (χ0n) is 18.7. The van der Waals surface area contributed by atoms with E-state index in [9.17, 15) is 9.59 Å². The third-order valence-electron chi connectivity index (χ3n) is 5.06. The van der Waals surface area contributed by atoms with E-state index in [0.29, 0.717) is 22.8 Å². The van der Waals surface area contributed by atoms with Gasteiger partial charge in [-0.25, -0.2) is 0 Å². The van der Waals surface area contributed by atoms with E-state index >= 15 is 0 Å². The van der Waals surface area contributed by atoms with E-state index in [2.05, 4.69) is 39.9 Å². The van der Waals surface area contributed by atoms with Crippen LogP contribution in [0.3, 0.4) is 0 Å². The van der Waals surface area contributed by atoms with Gasteiger partial charge in [0, 0.05) is 17.8 Å². The number of anilines is 1. The Morgan fingerprint density at radius 3 is 2.26 bits per heavy atom. The highest BCUT2D eigenvalue weighted by Gasteiger charge is 2.14. The van der Waals surface area contributed by atoms with Crippen molar-refractivity contribution in [3.63, 3.8) is 0 Å². The number of carbonyl (C=O) groups excluding carboxylic acids is 2. The summed E-state index contributed by atoms with van der Waals surface area (Å²) in [4.78, 5) is 24.9. The average molecular weight is 473 g/mol. The lowest BCUT2D eigenvalue weighted by Gasteiger charge is -2.07. The summed E-state index contributed by atoms with van der Waals surface area (Å²) in [6, 6.07) is 24.3. The smallest absolute Gasteiger partial charge is 0.286 e. The highest BCUT2D eigenvalue weighted by Crippen LogP contribution is 2.17. The summed E-state index contributed by atoms with van der Waals surface area (Å²) in [6.45, 7) is 2.80. The lowest BCUT2D eigenvalue weighted by atomic mass is 10.1. The highest BCUT2D eigenvalue weighted by molar-refractivity contribution is 7.13. The van der Waals surface area contributed by atoms with Crippen molar-refractivity contribution in [2.75, 3.05) is 5.32 Å². The second-order valence-electron chi connectivity index (χ2n) is 7.49. The van der Waals surface area contributed by atoms with Crippen LogP contribution in [-0.4, -0.2) is 22.0 Å². The van der Waals surface area contributed by atoms with E-state index in [1.165, 1.54) is 16.9 Å². The molecular weight excluding hydrogens is 448 g/mol. The van der Waals surface area contributed by atoms with Crippen molar-refractivity contribution in [1.82, 2.24) is 15.5 Å². The third-order valence-corrected chi connectivity index (χ3v) is 5.95. The first-order valence-corrected chi connectivity index (χ1v) is 11.7. The van der Waals surface area contributed by atoms with E-state index in [1.807, 2.05) is 42.5 Å². The van der Waals surface area contributed by atoms with Crippen molar-refractivity contribution in [3.05, 3.63) is 106 Å². The van der Waals surface area contributed by atoms with Gasteiger partial charge in [0.15, 0.2) is 5.01 Å². The van der Waals surface area contributed by atoms with Gasteiger partial charge in [-0.3, -0.25) is 9.59 Å². The molecule has 0 aliphatic rings. The molecule has 0 saturated heterocycles. The van der Waals surface area contributed by atoms with Crippen LogP contribution < -0.4 is 15.4 Å². The van der Waals surface area contributed by atoms with Crippen LogP contribution in [0.5, 0.6) is 5.75 Å². The van der Waals surface area contributed by atoms with E-state index in [0.717, 1.165) is 17.7 Å². The minimum Gasteiger partial charge on any atom is -0.486 e. The van der Waals surface area contributed by atoms with Gasteiger partial charge in [-0.05, 0) is 53.9 Å². The average Bonchev–Trinajstić information content (AvgIpc) is 3.37. The molecule has 1 heterocycles. The molecule has 0 radical (unpaired) electrons. The van der Waals surface area contributed by atoms with Crippen molar-refractivity contribution in [2.24, 2.45) is 0 Å². The molecule has 0 bridgehead atoms. The molecule has 2 amide bonds. The molecule has 7 nitrogen and oxygen atoms in total. The van der Waals surface area contributed by atoms with E-state index in [4.69, 9.17) is 4.74 Å². The maximum absolute atomic E-state index is 12.5. The number of para-hydroxylation sites is 1. The molecule has 4 aromatic rings. The fourth-order valence-corrected chi connectivity index (χ4v) is 3.78. The number of carbonyl (C=O) groups is 2. The first kappa shape index (κ1) is 23.1. The maximum atomic E-state index is 12.5. The van der Waals surface area contributed by atoms with Crippen LogP contribution in [0.15, 0.2) is 78.9 Å². The number of nitrogens with one attached hydrogen (secondary N) is 2. The number of ether oxygens (including phenoxy) is 1. The van der Waals surface area contributed by atoms with Crippen LogP contribution in [0.1, 0.15) is 43.2 Å². The Kier molecular flexibility index (Phi) is 7.62. The summed E-state index contributed by atoms with van der Waals surface area (Å²) < 4.78 is 5.64. The highest BCUT2D eigenvalue weighted by atomic mass is 32.1. The normalized spacial score (nSPS) is 10.5. The van der Waals surface area contributed by atoms with Crippen molar-refractivity contribution < 1.29 is 14.3 Å². The van der Waals surface area contributed by atoms with E-state index in [1.54, 1.807) is 24.3 Å². The topological polar surface area (TPSA) is 93.2 Å². The molecule has 34 heavy (non-hydrogen) atoms. The van der Waals surface area contributed by atoms with Crippen molar-refractivity contribution >= 4 is 28.8 Å². The molecule has 0 aliphatic carbocycles. The molecule has 0 aliphatic heterocycles. The van der Waals surface area contributed by atoms with Crippen LogP contribution in [0.25, 0.3) is 0 Å². The van der Waals surface area contributed by atoms with Gasteiger partial charge in [0.1, 0.15) is 12.4 Å². The minimum atomic E-state index is -0.365. The van der Waals surface area contributed by atoms with Gasteiger partial charge in [-0.2, -0.15) is 0 Å². The standard InChI is InChI=1S/C26H24N4O3S/c1-2-18-8-10-19(11-9-18)16-27-24(31)20-12-14-21(15-13-20)28-25(32)26-30-29-23(34-26)17-33-22-6-4-3-5-7-22/h3-15H,2,16-17H2,1H3,(H,27,31)(H,28,32). The van der Waals surface area contributed by atoms with Gasteiger partial charge in [0.05, 0.1) is 0 Å². The first-order chi connectivity index (χ1) is 16.6. The maximum Gasteiger partial charge on any atom is 0.286 e. The number of nitrogens with zero attached hydrogens (tertiary/aromatic N) is 2. The van der Waals surface area contributed by atoms with Gasteiger partial charge in [-0.1, -0.05) is 60.7 Å². The van der Waals surface area contributed by atoms with Crippen LogP contribution in [0.2, 0.25) is 0 Å². The second kappa shape index (κ2) is 11.2. The quantitative estimate of drug-likeness (QED) is 0.363. The first-order valence-electron chi connectivity index (χ1n) is 10.9. The number of hydrogen-bond acceptors (Lipinski definition) is 6.